The van der Waals surface area contributed by atoms with Crippen LogP contribution in [0.5, 0.6) is 0 Å². The summed E-state index contributed by atoms with van der Waals surface area (Å²) in [4.78, 5) is 4.95. The molecule has 1 heterocycles. The van der Waals surface area contributed by atoms with Gasteiger partial charge in [-0.05, 0) is 19.5 Å². The second-order valence-corrected chi connectivity index (χ2v) is 4.58. The van der Waals surface area contributed by atoms with Crippen molar-refractivity contribution in [3.8, 4) is 0 Å². The van der Waals surface area contributed by atoms with Gasteiger partial charge in [0.1, 0.15) is 0 Å². The van der Waals surface area contributed by atoms with Gasteiger partial charge in [0.2, 0.25) is 0 Å². The highest BCUT2D eigenvalue weighted by molar-refractivity contribution is 4.63. The molecule has 1 aliphatic heterocycles. The first-order chi connectivity index (χ1) is 8.36. The van der Waals surface area contributed by atoms with Gasteiger partial charge in [-0.2, -0.15) is 0 Å². The highest BCUT2D eigenvalue weighted by atomic mass is 16.5. The number of nitrogens with zero attached hydrogens (tertiary/aromatic N) is 2. The van der Waals surface area contributed by atoms with Gasteiger partial charge in [-0.3, -0.25) is 4.90 Å². The van der Waals surface area contributed by atoms with Crippen molar-refractivity contribution in [3.05, 3.63) is 0 Å². The molecule has 1 aliphatic rings. The second kappa shape index (κ2) is 9.83. The Morgan fingerprint density at radius 3 is 2.71 bits per heavy atom. The van der Waals surface area contributed by atoms with Crippen LogP contribution < -0.4 is 5.32 Å². The molecular weight excluding hydrogens is 214 g/mol. The van der Waals surface area contributed by atoms with Crippen LogP contribution in [0, 0.1) is 0 Å². The zero-order valence-electron chi connectivity index (χ0n) is 11.6. The largest absolute Gasteiger partial charge is 0.380 e. The minimum atomic E-state index is 0.902. The Morgan fingerprint density at radius 2 is 1.94 bits per heavy atom. The molecule has 4 nitrogen and oxygen atoms in total. The molecule has 0 aromatic heterocycles. The molecule has 0 aliphatic carbocycles. The molecular formula is C13H29N3O. The van der Waals surface area contributed by atoms with Gasteiger partial charge in [-0.15, -0.1) is 0 Å². The van der Waals surface area contributed by atoms with Gasteiger partial charge in [0.25, 0.3) is 0 Å². The molecule has 0 bridgehead atoms. The highest BCUT2D eigenvalue weighted by Crippen LogP contribution is 1.97. The zero-order chi connectivity index (χ0) is 12.3. The summed E-state index contributed by atoms with van der Waals surface area (Å²) in [7, 11) is 0. The first-order valence-electron chi connectivity index (χ1n) is 7.10. The standard InChI is InChI=1S/C13H29N3O/c1-3-15(4-2)9-6-14-7-10-16-8-5-12-17-13-11-16/h14H,3-13H2,1-2H3. The van der Waals surface area contributed by atoms with Crippen molar-refractivity contribution in [2.45, 2.75) is 20.3 Å². The van der Waals surface area contributed by atoms with Crippen molar-refractivity contribution in [2.24, 2.45) is 0 Å². The molecule has 17 heavy (non-hydrogen) atoms. The Hall–Kier alpha value is -0.160. The summed E-state index contributed by atoms with van der Waals surface area (Å²) in [5, 5.41) is 3.53. The normalized spacial score (nSPS) is 18.5. The van der Waals surface area contributed by atoms with Gasteiger partial charge in [-0.25, -0.2) is 0 Å². The lowest BCUT2D eigenvalue weighted by Gasteiger charge is -2.21. The monoisotopic (exact) mass is 243 g/mol. The molecule has 0 unspecified atom stereocenters. The highest BCUT2D eigenvalue weighted by Gasteiger charge is 2.07. The van der Waals surface area contributed by atoms with Gasteiger partial charge in [0.15, 0.2) is 0 Å². The van der Waals surface area contributed by atoms with E-state index >= 15 is 0 Å². The maximum Gasteiger partial charge on any atom is 0.0593 e. The third kappa shape index (κ3) is 6.99. The first-order valence-corrected chi connectivity index (χ1v) is 7.10. The van der Waals surface area contributed by atoms with Crippen LogP contribution >= 0.6 is 0 Å². The van der Waals surface area contributed by atoms with Crippen molar-refractivity contribution < 1.29 is 4.74 Å². The predicted molar refractivity (Wildman–Crippen MR) is 72.5 cm³/mol. The molecule has 0 radical (unpaired) electrons. The van der Waals surface area contributed by atoms with Crippen molar-refractivity contribution in [1.82, 2.24) is 15.1 Å². The smallest absolute Gasteiger partial charge is 0.0593 e. The van der Waals surface area contributed by atoms with Crippen LogP contribution in [0.3, 0.4) is 0 Å². The summed E-state index contributed by atoms with van der Waals surface area (Å²) in [6.07, 6.45) is 1.18. The number of hydrogen-bond acceptors (Lipinski definition) is 4. The fourth-order valence-electron chi connectivity index (χ4n) is 2.16. The molecule has 1 rings (SSSR count). The average molecular weight is 243 g/mol. The van der Waals surface area contributed by atoms with Crippen LogP contribution in [0.2, 0.25) is 0 Å². The topological polar surface area (TPSA) is 27.7 Å². The van der Waals surface area contributed by atoms with Gasteiger partial charge in [0.05, 0.1) is 6.61 Å². The Bertz CT molecular complexity index is 166. The van der Waals surface area contributed by atoms with Crippen LogP contribution in [0.15, 0.2) is 0 Å². The van der Waals surface area contributed by atoms with Crippen molar-refractivity contribution in [1.29, 1.82) is 0 Å². The van der Waals surface area contributed by atoms with Crippen LogP contribution in [-0.2, 0) is 4.74 Å². The number of nitrogens with one attached hydrogen (secondary N) is 1. The van der Waals surface area contributed by atoms with E-state index in [1.54, 1.807) is 0 Å². The summed E-state index contributed by atoms with van der Waals surface area (Å²) < 4.78 is 5.44. The lowest BCUT2D eigenvalue weighted by molar-refractivity contribution is 0.141. The van der Waals surface area contributed by atoms with Crippen LogP contribution in [0.4, 0.5) is 0 Å². The quantitative estimate of drug-likeness (QED) is 0.633. The van der Waals surface area contributed by atoms with E-state index in [4.69, 9.17) is 4.74 Å². The Balaban J connectivity index is 1.95. The summed E-state index contributed by atoms with van der Waals surface area (Å²) in [6.45, 7) is 15.4. The maximum atomic E-state index is 5.44. The van der Waals surface area contributed by atoms with E-state index in [9.17, 15) is 0 Å². The number of likely N-dealkylation sites (N-methyl/N-ethyl adjacent to an activating group) is 1. The van der Waals surface area contributed by atoms with Crippen molar-refractivity contribution in [3.63, 3.8) is 0 Å². The molecule has 0 aromatic carbocycles. The summed E-state index contributed by atoms with van der Waals surface area (Å²) in [5.41, 5.74) is 0. The summed E-state index contributed by atoms with van der Waals surface area (Å²) in [5.74, 6) is 0. The third-order valence-electron chi connectivity index (χ3n) is 3.42. The molecule has 4 heteroatoms. The van der Waals surface area contributed by atoms with Crippen molar-refractivity contribution in [2.75, 3.05) is 65.6 Å². The fraction of sp³-hybridized carbons (Fsp3) is 1.00. The van der Waals surface area contributed by atoms with Gasteiger partial charge in [0, 0.05) is 45.9 Å². The lowest BCUT2D eigenvalue weighted by Crippen LogP contribution is -2.37. The first kappa shape index (κ1) is 14.9. The van der Waals surface area contributed by atoms with Crippen LogP contribution in [-0.4, -0.2) is 75.4 Å². The van der Waals surface area contributed by atoms with E-state index < -0.39 is 0 Å². The molecule has 1 saturated heterocycles. The van der Waals surface area contributed by atoms with E-state index in [0.29, 0.717) is 0 Å². The summed E-state index contributed by atoms with van der Waals surface area (Å²) >= 11 is 0. The molecule has 0 atom stereocenters. The van der Waals surface area contributed by atoms with Crippen molar-refractivity contribution >= 4 is 0 Å². The predicted octanol–water partition coefficient (Wildman–Crippen LogP) is 0.640. The van der Waals surface area contributed by atoms with E-state index in [1.165, 1.54) is 13.0 Å². The van der Waals surface area contributed by atoms with E-state index in [1.807, 2.05) is 0 Å². The van der Waals surface area contributed by atoms with Gasteiger partial charge in [-0.1, -0.05) is 13.8 Å². The average Bonchev–Trinajstić information content (AvgIpc) is 2.62. The fourth-order valence-corrected chi connectivity index (χ4v) is 2.16. The number of rotatable bonds is 8. The van der Waals surface area contributed by atoms with Gasteiger partial charge >= 0.3 is 0 Å². The molecule has 1 fully saturated rings. The van der Waals surface area contributed by atoms with E-state index in [2.05, 4.69) is 29.0 Å². The van der Waals surface area contributed by atoms with Gasteiger partial charge < -0.3 is 15.0 Å². The molecule has 0 saturated carbocycles. The SMILES string of the molecule is CCN(CC)CCNCCN1CCCOCC1. The Kier molecular flexibility index (Phi) is 8.61. The molecule has 1 N–H and O–H groups in total. The van der Waals surface area contributed by atoms with E-state index in [-0.39, 0.29) is 0 Å². The summed E-state index contributed by atoms with van der Waals surface area (Å²) in [6, 6.07) is 0. The number of ether oxygens (including phenoxy) is 1. The molecule has 0 spiro atoms. The Labute approximate surface area is 106 Å². The minimum Gasteiger partial charge on any atom is -0.380 e. The molecule has 102 valence electrons. The third-order valence-corrected chi connectivity index (χ3v) is 3.42. The second-order valence-electron chi connectivity index (χ2n) is 4.58. The minimum absolute atomic E-state index is 0.902. The Morgan fingerprint density at radius 1 is 1.12 bits per heavy atom. The van der Waals surface area contributed by atoms with Crippen LogP contribution in [0.25, 0.3) is 0 Å². The van der Waals surface area contributed by atoms with E-state index in [0.717, 1.165) is 59.0 Å². The molecule has 0 aromatic rings. The molecule has 0 amide bonds. The lowest BCUT2D eigenvalue weighted by atomic mass is 10.4. The van der Waals surface area contributed by atoms with Crippen LogP contribution in [0.1, 0.15) is 20.3 Å². The zero-order valence-corrected chi connectivity index (χ0v) is 11.6. The number of hydrogen-bond donors (Lipinski definition) is 1. The maximum absolute atomic E-state index is 5.44.